The fourth-order valence-electron chi connectivity index (χ4n) is 2.36. The summed E-state index contributed by atoms with van der Waals surface area (Å²) in [6.07, 6.45) is 0.309. The zero-order valence-corrected chi connectivity index (χ0v) is 14.2. The van der Waals surface area contributed by atoms with Gasteiger partial charge in [-0.2, -0.15) is 0 Å². The molecular weight excluding hydrogens is 316 g/mol. The van der Waals surface area contributed by atoms with Gasteiger partial charge in [0.2, 0.25) is 5.88 Å². The Hall–Kier alpha value is -3.08. The molecule has 1 amide bonds. The highest BCUT2D eigenvalue weighted by Crippen LogP contribution is 2.21. The molecule has 0 unspecified atom stereocenters. The van der Waals surface area contributed by atoms with E-state index < -0.39 is 6.10 Å². The van der Waals surface area contributed by atoms with E-state index in [1.54, 1.807) is 13.0 Å². The quantitative estimate of drug-likeness (QED) is 0.728. The average molecular weight is 336 g/mol. The zero-order valence-electron chi connectivity index (χ0n) is 14.2. The molecule has 0 bridgehead atoms. The van der Waals surface area contributed by atoms with Crippen molar-refractivity contribution >= 4 is 11.8 Å². The maximum Gasteiger partial charge on any atom is 0.267 e. The molecule has 0 saturated carbocycles. The topological polar surface area (TPSA) is 64.4 Å². The van der Waals surface area contributed by atoms with Gasteiger partial charge in [0, 0.05) is 11.6 Å². The largest absolute Gasteiger partial charge is 0.481 e. The number of ether oxygens (including phenoxy) is 1. The highest BCUT2D eigenvalue weighted by molar-refractivity contribution is 5.93. The van der Waals surface area contributed by atoms with Crippen molar-refractivity contribution in [1.82, 2.24) is 5.16 Å². The molecule has 1 atom stereocenters. The minimum Gasteiger partial charge on any atom is -0.481 e. The van der Waals surface area contributed by atoms with Crippen LogP contribution >= 0.6 is 0 Å². The van der Waals surface area contributed by atoms with Crippen LogP contribution in [0.2, 0.25) is 0 Å². The first-order valence-electron chi connectivity index (χ1n) is 8.24. The number of benzene rings is 2. The van der Waals surface area contributed by atoms with Crippen LogP contribution in [0.5, 0.6) is 5.75 Å². The van der Waals surface area contributed by atoms with Crippen LogP contribution in [0.3, 0.4) is 0 Å². The molecule has 2 aromatic carbocycles. The van der Waals surface area contributed by atoms with Crippen molar-refractivity contribution in [3.8, 4) is 17.0 Å². The standard InChI is InChI=1S/C20H20N2O3/c1-3-15-9-11-17(12-10-15)24-14(2)20(23)21-19-13-18(22-25-19)16-7-5-4-6-8-16/h4-14H,3H2,1-2H3,(H,21,23)/t14-/m0/s1. The van der Waals surface area contributed by atoms with Gasteiger partial charge < -0.3 is 9.26 Å². The summed E-state index contributed by atoms with van der Waals surface area (Å²) in [4.78, 5) is 12.3. The molecule has 5 nitrogen and oxygen atoms in total. The number of rotatable bonds is 6. The molecule has 5 heteroatoms. The lowest BCUT2D eigenvalue weighted by Gasteiger charge is -2.13. The Kier molecular flexibility index (Phi) is 5.14. The van der Waals surface area contributed by atoms with Crippen LogP contribution in [0.1, 0.15) is 19.4 Å². The number of aromatic nitrogens is 1. The number of aryl methyl sites for hydroxylation is 1. The Balaban J connectivity index is 1.60. The lowest BCUT2D eigenvalue weighted by molar-refractivity contribution is -0.122. The number of hydrogen-bond acceptors (Lipinski definition) is 4. The maximum atomic E-state index is 12.3. The lowest BCUT2D eigenvalue weighted by Crippen LogP contribution is -2.29. The number of carbonyl (C=O) groups is 1. The van der Waals surface area contributed by atoms with E-state index in [1.807, 2.05) is 54.6 Å². The van der Waals surface area contributed by atoms with Crippen molar-refractivity contribution in [1.29, 1.82) is 0 Å². The van der Waals surface area contributed by atoms with E-state index >= 15 is 0 Å². The number of carbonyl (C=O) groups excluding carboxylic acids is 1. The summed E-state index contributed by atoms with van der Waals surface area (Å²) in [6, 6.07) is 19.0. The third-order valence-electron chi connectivity index (χ3n) is 3.84. The highest BCUT2D eigenvalue weighted by Gasteiger charge is 2.17. The first-order chi connectivity index (χ1) is 12.2. The van der Waals surface area contributed by atoms with E-state index in [9.17, 15) is 4.79 Å². The highest BCUT2D eigenvalue weighted by atomic mass is 16.5. The number of hydrogen-bond donors (Lipinski definition) is 1. The van der Waals surface area contributed by atoms with Crippen LogP contribution in [0.15, 0.2) is 65.2 Å². The molecule has 1 N–H and O–H groups in total. The zero-order chi connectivity index (χ0) is 17.6. The molecule has 1 heterocycles. The number of nitrogens with zero attached hydrogens (tertiary/aromatic N) is 1. The monoisotopic (exact) mass is 336 g/mol. The molecule has 1 aromatic heterocycles. The molecule has 0 spiro atoms. The van der Waals surface area contributed by atoms with Crippen LogP contribution < -0.4 is 10.1 Å². The molecule has 0 aliphatic heterocycles. The minimum absolute atomic E-state index is 0.292. The summed E-state index contributed by atoms with van der Waals surface area (Å²) in [7, 11) is 0. The fraction of sp³-hybridized carbons (Fsp3) is 0.200. The molecule has 0 radical (unpaired) electrons. The number of anilines is 1. The van der Waals surface area contributed by atoms with Crippen molar-refractivity contribution < 1.29 is 14.1 Å². The van der Waals surface area contributed by atoms with Gasteiger partial charge in [-0.15, -0.1) is 0 Å². The van der Waals surface area contributed by atoms with E-state index in [2.05, 4.69) is 17.4 Å². The van der Waals surface area contributed by atoms with E-state index in [0.29, 0.717) is 17.3 Å². The number of nitrogens with one attached hydrogen (secondary N) is 1. The molecule has 3 rings (SSSR count). The van der Waals surface area contributed by atoms with Gasteiger partial charge in [-0.1, -0.05) is 54.5 Å². The van der Waals surface area contributed by atoms with E-state index in [0.717, 1.165) is 12.0 Å². The second-order valence-electron chi connectivity index (χ2n) is 5.69. The van der Waals surface area contributed by atoms with Crippen molar-refractivity contribution in [3.05, 3.63) is 66.2 Å². The summed E-state index contributed by atoms with van der Waals surface area (Å²) < 4.78 is 10.8. The Morgan fingerprint density at radius 3 is 2.56 bits per heavy atom. The molecule has 0 aliphatic rings. The van der Waals surface area contributed by atoms with Gasteiger partial charge in [0.15, 0.2) is 6.10 Å². The van der Waals surface area contributed by atoms with Gasteiger partial charge in [0.25, 0.3) is 5.91 Å². The lowest BCUT2D eigenvalue weighted by atomic mass is 10.1. The Bertz CT molecular complexity index is 826. The van der Waals surface area contributed by atoms with Gasteiger partial charge in [-0.3, -0.25) is 10.1 Å². The van der Waals surface area contributed by atoms with Gasteiger partial charge in [-0.05, 0) is 31.0 Å². The first-order valence-corrected chi connectivity index (χ1v) is 8.24. The normalized spacial score (nSPS) is 11.8. The van der Waals surface area contributed by atoms with E-state index in [-0.39, 0.29) is 5.91 Å². The van der Waals surface area contributed by atoms with Crippen molar-refractivity contribution in [2.24, 2.45) is 0 Å². The summed E-state index contributed by atoms with van der Waals surface area (Å²) in [5, 5.41) is 6.65. The van der Waals surface area contributed by atoms with Crippen LogP contribution in [0.25, 0.3) is 11.3 Å². The predicted molar refractivity (Wildman–Crippen MR) is 96.5 cm³/mol. The summed E-state index contributed by atoms with van der Waals surface area (Å²) in [6.45, 7) is 3.78. The van der Waals surface area contributed by atoms with Crippen LogP contribution in [0, 0.1) is 0 Å². The Morgan fingerprint density at radius 1 is 1.16 bits per heavy atom. The summed E-state index contributed by atoms with van der Waals surface area (Å²) in [5.41, 5.74) is 2.81. The molecule has 3 aromatic rings. The second kappa shape index (κ2) is 7.66. The number of amides is 1. The van der Waals surface area contributed by atoms with Crippen molar-refractivity contribution in [2.75, 3.05) is 5.32 Å². The molecule has 0 aliphatic carbocycles. The van der Waals surface area contributed by atoms with Crippen LogP contribution in [0.4, 0.5) is 5.88 Å². The van der Waals surface area contributed by atoms with Gasteiger partial charge in [0.1, 0.15) is 11.4 Å². The second-order valence-corrected chi connectivity index (χ2v) is 5.69. The third kappa shape index (κ3) is 4.26. The van der Waals surface area contributed by atoms with Crippen molar-refractivity contribution in [2.45, 2.75) is 26.4 Å². The third-order valence-corrected chi connectivity index (χ3v) is 3.84. The maximum absolute atomic E-state index is 12.3. The Labute approximate surface area is 146 Å². The summed E-state index contributed by atoms with van der Waals surface area (Å²) in [5.74, 6) is 0.651. The fourth-order valence-corrected chi connectivity index (χ4v) is 2.36. The van der Waals surface area contributed by atoms with Crippen molar-refractivity contribution in [3.63, 3.8) is 0 Å². The van der Waals surface area contributed by atoms with E-state index in [4.69, 9.17) is 9.26 Å². The van der Waals surface area contributed by atoms with Crippen LogP contribution in [-0.4, -0.2) is 17.2 Å². The van der Waals surface area contributed by atoms with E-state index in [1.165, 1.54) is 5.56 Å². The predicted octanol–water partition coefficient (Wildman–Crippen LogP) is 4.31. The molecule has 128 valence electrons. The SMILES string of the molecule is CCc1ccc(O[C@@H](C)C(=O)Nc2cc(-c3ccccc3)no2)cc1. The Morgan fingerprint density at radius 2 is 1.88 bits per heavy atom. The summed E-state index contributed by atoms with van der Waals surface area (Å²) >= 11 is 0. The molecule has 25 heavy (non-hydrogen) atoms. The molecule has 0 saturated heterocycles. The molecule has 0 fully saturated rings. The molecular formula is C20H20N2O3. The van der Waals surface area contributed by atoms with Crippen LogP contribution in [-0.2, 0) is 11.2 Å². The van der Waals surface area contributed by atoms with Gasteiger partial charge >= 0.3 is 0 Å². The van der Waals surface area contributed by atoms with Gasteiger partial charge in [-0.25, -0.2) is 0 Å². The van der Waals surface area contributed by atoms with Gasteiger partial charge in [0.05, 0.1) is 0 Å². The average Bonchev–Trinajstić information content (AvgIpc) is 3.11. The minimum atomic E-state index is -0.655. The smallest absolute Gasteiger partial charge is 0.267 e. The first kappa shape index (κ1) is 16.8.